The molecule has 0 spiro atoms. The van der Waals surface area contributed by atoms with Gasteiger partial charge in [-0.3, -0.25) is 0 Å². The Kier molecular flexibility index (Phi) is 3.22. The van der Waals surface area contributed by atoms with Gasteiger partial charge in [0.2, 0.25) is 0 Å². The number of benzene rings is 1. The molecular formula is C12H17NOS. The number of hydrogen-bond acceptors (Lipinski definition) is 3. The predicted molar refractivity (Wildman–Crippen MR) is 64.7 cm³/mol. The second kappa shape index (κ2) is 4.45. The topological polar surface area (TPSA) is 35.2 Å². The van der Waals surface area contributed by atoms with Gasteiger partial charge >= 0.3 is 0 Å². The van der Waals surface area contributed by atoms with Gasteiger partial charge in [-0.1, -0.05) is 0 Å². The van der Waals surface area contributed by atoms with Crippen molar-refractivity contribution in [1.29, 1.82) is 0 Å². The minimum Gasteiger partial charge on any atom is -0.497 e. The number of fused-ring (bicyclic) bond motifs is 1. The molecule has 2 atom stereocenters. The molecule has 82 valence electrons. The zero-order valence-corrected chi connectivity index (χ0v) is 10.0. The standard InChI is InChI=1S/C12H17NOS/c1-8(13)5-9-7-15-12-4-3-10(14-2)6-11(9)12/h3-4,6,8-9H,5,7,13H2,1-2H3. The maximum Gasteiger partial charge on any atom is 0.119 e. The molecule has 3 heteroatoms. The molecule has 2 unspecified atom stereocenters. The summed E-state index contributed by atoms with van der Waals surface area (Å²) in [7, 11) is 1.71. The molecule has 0 aromatic heterocycles. The lowest BCUT2D eigenvalue weighted by molar-refractivity contribution is 0.413. The van der Waals surface area contributed by atoms with Crippen LogP contribution in [0.2, 0.25) is 0 Å². The zero-order valence-electron chi connectivity index (χ0n) is 9.19. The highest BCUT2D eigenvalue weighted by molar-refractivity contribution is 7.99. The Morgan fingerprint density at radius 1 is 1.60 bits per heavy atom. The monoisotopic (exact) mass is 223 g/mol. The highest BCUT2D eigenvalue weighted by Crippen LogP contribution is 2.43. The van der Waals surface area contributed by atoms with Crippen LogP contribution in [0.1, 0.15) is 24.8 Å². The Labute approximate surface area is 95.2 Å². The maximum absolute atomic E-state index is 5.86. The van der Waals surface area contributed by atoms with Gasteiger partial charge in [-0.15, -0.1) is 11.8 Å². The Morgan fingerprint density at radius 3 is 3.07 bits per heavy atom. The van der Waals surface area contributed by atoms with Crippen LogP contribution in [0.5, 0.6) is 5.75 Å². The molecule has 1 aromatic carbocycles. The molecule has 1 aliphatic rings. The van der Waals surface area contributed by atoms with Crippen LogP contribution in [0, 0.1) is 0 Å². The van der Waals surface area contributed by atoms with E-state index >= 15 is 0 Å². The highest BCUT2D eigenvalue weighted by atomic mass is 32.2. The van der Waals surface area contributed by atoms with Crippen molar-refractivity contribution in [2.24, 2.45) is 5.73 Å². The van der Waals surface area contributed by atoms with Crippen molar-refractivity contribution in [3.63, 3.8) is 0 Å². The van der Waals surface area contributed by atoms with Gasteiger partial charge in [0.25, 0.3) is 0 Å². The summed E-state index contributed by atoms with van der Waals surface area (Å²) < 4.78 is 5.25. The zero-order chi connectivity index (χ0) is 10.8. The first kappa shape index (κ1) is 10.8. The molecule has 0 aliphatic carbocycles. The fraction of sp³-hybridized carbons (Fsp3) is 0.500. The van der Waals surface area contributed by atoms with Crippen LogP contribution in [0.4, 0.5) is 0 Å². The average Bonchev–Trinajstić information content (AvgIpc) is 2.60. The molecule has 2 N–H and O–H groups in total. The molecule has 0 fully saturated rings. The van der Waals surface area contributed by atoms with Gasteiger partial charge in [0, 0.05) is 16.7 Å². The molecule has 15 heavy (non-hydrogen) atoms. The van der Waals surface area contributed by atoms with Crippen LogP contribution >= 0.6 is 11.8 Å². The van der Waals surface area contributed by atoms with Crippen molar-refractivity contribution in [1.82, 2.24) is 0 Å². The quantitative estimate of drug-likeness (QED) is 0.855. The van der Waals surface area contributed by atoms with Crippen molar-refractivity contribution >= 4 is 11.8 Å². The summed E-state index contributed by atoms with van der Waals surface area (Å²) in [5.74, 6) is 2.70. The van der Waals surface area contributed by atoms with Crippen molar-refractivity contribution in [2.45, 2.75) is 30.2 Å². The first-order valence-electron chi connectivity index (χ1n) is 5.27. The summed E-state index contributed by atoms with van der Waals surface area (Å²) in [6.45, 7) is 2.07. The minimum absolute atomic E-state index is 0.271. The Morgan fingerprint density at radius 2 is 2.40 bits per heavy atom. The van der Waals surface area contributed by atoms with Crippen LogP contribution in [0.15, 0.2) is 23.1 Å². The van der Waals surface area contributed by atoms with Gasteiger partial charge < -0.3 is 10.5 Å². The minimum atomic E-state index is 0.271. The number of rotatable bonds is 3. The number of ether oxygens (including phenoxy) is 1. The van der Waals surface area contributed by atoms with E-state index in [-0.39, 0.29) is 6.04 Å². The second-order valence-electron chi connectivity index (χ2n) is 4.12. The van der Waals surface area contributed by atoms with E-state index in [1.165, 1.54) is 10.5 Å². The van der Waals surface area contributed by atoms with Gasteiger partial charge in [0.1, 0.15) is 5.75 Å². The molecule has 1 aromatic rings. The molecule has 0 saturated carbocycles. The van der Waals surface area contributed by atoms with Crippen molar-refractivity contribution in [2.75, 3.05) is 12.9 Å². The molecular weight excluding hydrogens is 206 g/mol. The SMILES string of the molecule is COc1ccc2c(c1)C(CC(C)N)CS2. The third-order valence-corrected chi connectivity index (χ3v) is 4.00. The van der Waals surface area contributed by atoms with Gasteiger partial charge in [-0.05, 0) is 43.0 Å². The number of nitrogens with two attached hydrogens (primary N) is 1. The van der Waals surface area contributed by atoms with E-state index in [0.717, 1.165) is 17.9 Å². The lowest BCUT2D eigenvalue weighted by atomic mass is 9.95. The van der Waals surface area contributed by atoms with Crippen molar-refractivity contribution in [3.8, 4) is 5.75 Å². The largest absolute Gasteiger partial charge is 0.497 e. The van der Waals surface area contributed by atoms with Gasteiger partial charge in [0.05, 0.1) is 7.11 Å². The normalized spacial score (nSPS) is 21.1. The van der Waals surface area contributed by atoms with E-state index in [1.54, 1.807) is 7.11 Å². The van der Waals surface area contributed by atoms with Crippen LogP contribution in [0.3, 0.4) is 0 Å². The predicted octanol–water partition coefficient (Wildman–Crippen LogP) is 2.62. The van der Waals surface area contributed by atoms with Crippen molar-refractivity contribution < 1.29 is 4.74 Å². The Balaban J connectivity index is 2.23. The van der Waals surface area contributed by atoms with Crippen LogP contribution in [-0.2, 0) is 0 Å². The van der Waals surface area contributed by atoms with Crippen LogP contribution in [-0.4, -0.2) is 18.9 Å². The first-order chi connectivity index (χ1) is 7.20. The van der Waals surface area contributed by atoms with Crippen LogP contribution in [0.25, 0.3) is 0 Å². The van der Waals surface area contributed by atoms with E-state index < -0.39 is 0 Å². The fourth-order valence-corrected chi connectivity index (χ4v) is 3.28. The lowest BCUT2D eigenvalue weighted by Gasteiger charge is -2.13. The van der Waals surface area contributed by atoms with E-state index in [1.807, 2.05) is 17.8 Å². The van der Waals surface area contributed by atoms with E-state index in [2.05, 4.69) is 19.1 Å². The molecule has 2 nitrogen and oxygen atoms in total. The Hall–Kier alpha value is -0.670. The highest BCUT2D eigenvalue weighted by Gasteiger charge is 2.24. The smallest absolute Gasteiger partial charge is 0.119 e. The Bertz CT molecular complexity index is 351. The summed E-state index contributed by atoms with van der Waals surface area (Å²) in [4.78, 5) is 1.39. The molecule has 0 radical (unpaired) electrons. The fourth-order valence-electron chi connectivity index (χ4n) is 2.03. The first-order valence-corrected chi connectivity index (χ1v) is 6.25. The molecule has 1 heterocycles. The summed E-state index contributed by atoms with van der Waals surface area (Å²) in [6.07, 6.45) is 1.06. The van der Waals surface area contributed by atoms with Crippen LogP contribution < -0.4 is 10.5 Å². The summed E-state index contributed by atoms with van der Waals surface area (Å²) in [6, 6.07) is 6.61. The van der Waals surface area contributed by atoms with E-state index in [0.29, 0.717) is 5.92 Å². The third kappa shape index (κ3) is 2.29. The molecule has 0 saturated heterocycles. The summed E-state index contributed by atoms with van der Waals surface area (Å²) in [5.41, 5.74) is 7.27. The van der Waals surface area contributed by atoms with E-state index in [4.69, 9.17) is 10.5 Å². The maximum atomic E-state index is 5.86. The summed E-state index contributed by atoms with van der Waals surface area (Å²) in [5, 5.41) is 0. The average molecular weight is 223 g/mol. The molecule has 1 aliphatic heterocycles. The third-order valence-electron chi connectivity index (χ3n) is 2.75. The number of hydrogen-bond donors (Lipinski definition) is 1. The molecule has 0 bridgehead atoms. The second-order valence-corrected chi connectivity index (χ2v) is 5.19. The lowest BCUT2D eigenvalue weighted by Crippen LogP contribution is -2.18. The number of methoxy groups -OCH3 is 1. The summed E-state index contributed by atoms with van der Waals surface area (Å²) >= 11 is 1.93. The van der Waals surface area contributed by atoms with Crippen molar-refractivity contribution in [3.05, 3.63) is 23.8 Å². The van der Waals surface area contributed by atoms with Gasteiger partial charge in [-0.25, -0.2) is 0 Å². The number of thioether (sulfide) groups is 1. The van der Waals surface area contributed by atoms with Gasteiger partial charge in [-0.2, -0.15) is 0 Å². The molecule has 2 rings (SSSR count). The molecule has 0 amide bonds. The van der Waals surface area contributed by atoms with Gasteiger partial charge in [0.15, 0.2) is 0 Å². The van der Waals surface area contributed by atoms with E-state index in [9.17, 15) is 0 Å².